The second-order valence-electron chi connectivity index (χ2n) is 8.43. The van der Waals surface area contributed by atoms with E-state index < -0.39 is 0 Å². The second kappa shape index (κ2) is 10.4. The molecule has 1 aromatic heterocycles. The number of rotatable bonds is 9. The van der Waals surface area contributed by atoms with Crippen molar-refractivity contribution in [3.05, 3.63) is 102 Å². The SMILES string of the molecule is COc1ccc2nc(-c3cc(OC)c(OCc4ccccc4)c(OCc4ccccc4)c3C)[nH]c2c1. The fourth-order valence-electron chi connectivity index (χ4n) is 4.12. The van der Waals surface area contributed by atoms with Gasteiger partial charge in [0.25, 0.3) is 0 Å². The van der Waals surface area contributed by atoms with Gasteiger partial charge in [-0.25, -0.2) is 4.98 Å². The number of benzene rings is 4. The molecule has 0 bridgehead atoms. The first-order valence-electron chi connectivity index (χ1n) is 11.8. The van der Waals surface area contributed by atoms with E-state index in [0.29, 0.717) is 36.3 Å². The maximum atomic E-state index is 6.39. The minimum Gasteiger partial charge on any atom is -0.497 e. The molecule has 0 fully saturated rings. The van der Waals surface area contributed by atoms with Gasteiger partial charge in [-0.2, -0.15) is 0 Å². The maximum Gasteiger partial charge on any atom is 0.204 e. The summed E-state index contributed by atoms with van der Waals surface area (Å²) in [6, 6.07) is 27.8. The largest absolute Gasteiger partial charge is 0.497 e. The Bertz CT molecular complexity index is 1460. The molecule has 0 atom stereocenters. The van der Waals surface area contributed by atoms with Crippen molar-refractivity contribution < 1.29 is 18.9 Å². The van der Waals surface area contributed by atoms with Gasteiger partial charge in [-0.1, -0.05) is 60.7 Å². The van der Waals surface area contributed by atoms with Crippen LogP contribution in [0.2, 0.25) is 0 Å². The van der Waals surface area contributed by atoms with Crippen molar-refractivity contribution in [2.24, 2.45) is 0 Å². The Morgan fingerprint density at radius 1 is 0.722 bits per heavy atom. The van der Waals surface area contributed by atoms with Crippen molar-refractivity contribution in [2.75, 3.05) is 14.2 Å². The van der Waals surface area contributed by atoms with Crippen LogP contribution in [0.3, 0.4) is 0 Å². The molecule has 0 saturated heterocycles. The van der Waals surface area contributed by atoms with E-state index in [9.17, 15) is 0 Å². The first-order valence-corrected chi connectivity index (χ1v) is 11.8. The number of hydrogen-bond donors (Lipinski definition) is 1. The van der Waals surface area contributed by atoms with Crippen LogP contribution in [0, 0.1) is 6.92 Å². The summed E-state index contributed by atoms with van der Waals surface area (Å²) in [5.41, 5.74) is 5.63. The van der Waals surface area contributed by atoms with E-state index in [-0.39, 0.29) is 0 Å². The van der Waals surface area contributed by atoms with Crippen LogP contribution in [-0.2, 0) is 13.2 Å². The lowest BCUT2D eigenvalue weighted by atomic mass is 10.1. The zero-order valence-corrected chi connectivity index (χ0v) is 20.6. The number of nitrogens with one attached hydrogen (secondary N) is 1. The van der Waals surface area contributed by atoms with Gasteiger partial charge < -0.3 is 23.9 Å². The van der Waals surface area contributed by atoms with Crippen molar-refractivity contribution >= 4 is 11.0 Å². The lowest BCUT2D eigenvalue weighted by molar-refractivity contribution is 0.243. The third-order valence-corrected chi connectivity index (χ3v) is 6.07. The zero-order chi connectivity index (χ0) is 24.9. The fourth-order valence-corrected chi connectivity index (χ4v) is 4.12. The van der Waals surface area contributed by atoms with Crippen LogP contribution >= 0.6 is 0 Å². The number of ether oxygens (including phenoxy) is 4. The normalized spacial score (nSPS) is 10.9. The van der Waals surface area contributed by atoms with Crippen molar-refractivity contribution in [1.29, 1.82) is 0 Å². The molecule has 6 heteroatoms. The predicted octanol–water partition coefficient (Wildman–Crippen LogP) is 6.71. The quantitative estimate of drug-likeness (QED) is 0.254. The highest BCUT2D eigenvalue weighted by Gasteiger charge is 2.22. The van der Waals surface area contributed by atoms with E-state index in [2.05, 4.69) is 4.98 Å². The minimum absolute atomic E-state index is 0.391. The highest BCUT2D eigenvalue weighted by molar-refractivity contribution is 5.83. The molecule has 4 aromatic carbocycles. The summed E-state index contributed by atoms with van der Waals surface area (Å²) in [5.74, 6) is 3.25. The van der Waals surface area contributed by atoms with Crippen LogP contribution in [-0.4, -0.2) is 24.2 Å². The molecule has 36 heavy (non-hydrogen) atoms. The number of imidazole rings is 1. The lowest BCUT2D eigenvalue weighted by Gasteiger charge is -2.20. The van der Waals surface area contributed by atoms with Crippen LogP contribution in [0.5, 0.6) is 23.0 Å². The molecule has 182 valence electrons. The molecule has 6 nitrogen and oxygen atoms in total. The first-order chi connectivity index (χ1) is 17.7. The van der Waals surface area contributed by atoms with E-state index in [1.807, 2.05) is 91.9 Å². The van der Waals surface area contributed by atoms with Crippen molar-refractivity contribution in [3.8, 4) is 34.4 Å². The van der Waals surface area contributed by atoms with Gasteiger partial charge in [-0.15, -0.1) is 0 Å². The molecule has 5 rings (SSSR count). The molecule has 1 heterocycles. The van der Waals surface area contributed by atoms with Gasteiger partial charge in [0.1, 0.15) is 24.8 Å². The monoisotopic (exact) mass is 480 g/mol. The van der Waals surface area contributed by atoms with Gasteiger partial charge in [0.2, 0.25) is 5.75 Å². The fraction of sp³-hybridized carbons (Fsp3) is 0.167. The van der Waals surface area contributed by atoms with E-state index in [0.717, 1.165) is 39.0 Å². The lowest BCUT2D eigenvalue weighted by Crippen LogP contribution is -2.05. The number of aromatic amines is 1. The standard InChI is InChI=1S/C30H28N2O4/c1-20-24(30-31-25-15-14-23(33-2)16-26(25)32-30)17-27(34-3)29(36-19-22-12-8-5-9-13-22)28(20)35-18-21-10-6-4-7-11-21/h4-17H,18-19H2,1-3H3,(H,31,32). The molecule has 0 spiro atoms. The van der Waals surface area contributed by atoms with Crippen LogP contribution < -0.4 is 18.9 Å². The summed E-state index contributed by atoms with van der Waals surface area (Å²) in [7, 11) is 3.28. The predicted molar refractivity (Wildman–Crippen MR) is 141 cm³/mol. The molecule has 0 amide bonds. The number of aromatic nitrogens is 2. The molecule has 0 saturated carbocycles. The van der Waals surface area contributed by atoms with E-state index in [4.69, 9.17) is 23.9 Å². The molecule has 5 aromatic rings. The van der Waals surface area contributed by atoms with Gasteiger partial charge in [0.15, 0.2) is 11.5 Å². The highest BCUT2D eigenvalue weighted by Crippen LogP contribution is 2.45. The van der Waals surface area contributed by atoms with E-state index in [1.54, 1.807) is 14.2 Å². The summed E-state index contributed by atoms with van der Waals surface area (Å²) in [4.78, 5) is 8.23. The summed E-state index contributed by atoms with van der Waals surface area (Å²) < 4.78 is 23.8. The summed E-state index contributed by atoms with van der Waals surface area (Å²) in [6.07, 6.45) is 0. The number of methoxy groups -OCH3 is 2. The molecule has 0 unspecified atom stereocenters. The Morgan fingerprint density at radius 2 is 1.36 bits per heavy atom. The Morgan fingerprint density at radius 3 is 1.97 bits per heavy atom. The molecular formula is C30H28N2O4. The summed E-state index contributed by atoms with van der Waals surface area (Å²) in [5, 5.41) is 0. The molecule has 0 aliphatic carbocycles. The molecule has 0 aliphatic rings. The van der Waals surface area contributed by atoms with Crippen LogP contribution in [0.4, 0.5) is 0 Å². The van der Waals surface area contributed by atoms with Crippen LogP contribution in [0.25, 0.3) is 22.4 Å². The zero-order valence-electron chi connectivity index (χ0n) is 20.6. The molecule has 0 radical (unpaired) electrons. The Balaban J connectivity index is 1.57. The van der Waals surface area contributed by atoms with Gasteiger partial charge in [0, 0.05) is 17.2 Å². The van der Waals surface area contributed by atoms with Crippen molar-refractivity contribution in [1.82, 2.24) is 9.97 Å². The summed E-state index contributed by atoms with van der Waals surface area (Å²) in [6.45, 7) is 2.80. The minimum atomic E-state index is 0.391. The number of hydrogen-bond acceptors (Lipinski definition) is 5. The Kier molecular flexibility index (Phi) is 6.76. The van der Waals surface area contributed by atoms with Crippen molar-refractivity contribution in [3.63, 3.8) is 0 Å². The Hall–Kier alpha value is -4.45. The number of H-pyrrole nitrogens is 1. The number of nitrogens with zero attached hydrogens (tertiary/aromatic N) is 1. The first kappa shape index (κ1) is 23.3. The van der Waals surface area contributed by atoms with E-state index >= 15 is 0 Å². The van der Waals surface area contributed by atoms with Gasteiger partial charge in [-0.3, -0.25) is 0 Å². The van der Waals surface area contributed by atoms with Crippen LogP contribution in [0.1, 0.15) is 16.7 Å². The van der Waals surface area contributed by atoms with Gasteiger partial charge in [0.05, 0.1) is 25.3 Å². The topological polar surface area (TPSA) is 65.6 Å². The number of fused-ring (bicyclic) bond motifs is 1. The average Bonchev–Trinajstić information content (AvgIpc) is 3.35. The molecule has 1 N–H and O–H groups in total. The smallest absolute Gasteiger partial charge is 0.204 e. The second-order valence-corrected chi connectivity index (χ2v) is 8.43. The molecule has 0 aliphatic heterocycles. The highest BCUT2D eigenvalue weighted by atomic mass is 16.5. The van der Waals surface area contributed by atoms with Gasteiger partial charge in [-0.05, 0) is 36.2 Å². The molecular weight excluding hydrogens is 452 g/mol. The third-order valence-electron chi connectivity index (χ3n) is 6.07. The third kappa shape index (κ3) is 4.84. The van der Waals surface area contributed by atoms with Gasteiger partial charge >= 0.3 is 0 Å². The Labute approximate surface area is 210 Å². The average molecular weight is 481 g/mol. The van der Waals surface area contributed by atoms with E-state index in [1.165, 1.54) is 0 Å². The van der Waals surface area contributed by atoms with Crippen LogP contribution in [0.15, 0.2) is 84.9 Å². The maximum absolute atomic E-state index is 6.39. The van der Waals surface area contributed by atoms with Crippen molar-refractivity contribution in [2.45, 2.75) is 20.1 Å². The summed E-state index contributed by atoms with van der Waals surface area (Å²) >= 11 is 0.